The number of nitrogens with one attached hydrogen (secondary N) is 2. The molecule has 0 unspecified atom stereocenters. The summed E-state index contributed by atoms with van der Waals surface area (Å²) in [6, 6.07) is 17.5. The van der Waals surface area contributed by atoms with E-state index in [-0.39, 0.29) is 11.4 Å². The lowest BCUT2D eigenvalue weighted by atomic mass is 10.1. The van der Waals surface area contributed by atoms with E-state index < -0.39 is 16.7 Å². The lowest BCUT2D eigenvalue weighted by Crippen LogP contribution is -2.33. The van der Waals surface area contributed by atoms with Crippen molar-refractivity contribution in [1.29, 1.82) is 0 Å². The molecule has 0 aliphatic heterocycles. The Balaban J connectivity index is 1.80. The van der Waals surface area contributed by atoms with Crippen molar-refractivity contribution in [1.82, 2.24) is 10.7 Å². The molecule has 2 amide bonds. The first-order valence-electron chi connectivity index (χ1n) is 9.81. The van der Waals surface area contributed by atoms with Crippen LogP contribution in [0.5, 0.6) is 0 Å². The van der Waals surface area contributed by atoms with E-state index in [1.54, 1.807) is 67.8 Å². The Kier molecular flexibility index (Phi) is 7.63. The number of hydrazone groups is 1. The molecule has 166 valence electrons. The zero-order valence-corrected chi connectivity index (χ0v) is 17.6. The summed E-state index contributed by atoms with van der Waals surface area (Å²) < 4.78 is 5.20. The van der Waals surface area contributed by atoms with E-state index in [9.17, 15) is 19.7 Å². The van der Waals surface area contributed by atoms with E-state index in [1.807, 2.05) is 0 Å². The van der Waals surface area contributed by atoms with Gasteiger partial charge >= 0.3 is 0 Å². The van der Waals surface area contributed by atoms with Crippen LogP contribution in [-0.2, 0) is 4.79 Å². The maximum Gasteiger partial charge on any atom is 0.287 e. The van der Waals surface area contributed by atoms with Crippen LogP contribution in [0.4, 0.5) is 5.69 Å². The third kappa shape index (κ3) is 6.86. The second-order valence-electron chi connectivity index (χ2n) is 6.77. The maximum atomic E-state index is 12.8. The summed E-state index contributed by atoms with van der Waals surface area (Å²) in [6.45, 7) is 1.68. The van der Waals surface area contributed by atoms with Gasteiger partial charge in [0.25, 0.3) is 17.5 Å². The van der Waals surface area contributed by atoms with Gasteiger partial charge in [0.2, 0.25) is 0 Å². The summed E-state index contributed by atoms with van der Waals surface area (Å²) in [5, 5.41) is 17.4. The van der Waals surface area contributed by atoms with E-state index >= 15 is 0 Å². The quantitative estimate of drug-likeness (QED) is 0.233. The Labute approximate surface area is 189 Å². The number of benzene rings is 2. The van der Waals surface area contributed by atoms with Gasteiger partial charge < -0.3 is 9.73 Å². The molecule has 2 aromatic carbocycles. The van der Waals surface area contributed by atoms with Gasteiger partial charge in [-0.1, -0.05) is 18.2 Å². The molecule has 0 radical (unpaired) electrons. The van der Waals surface area contributed by atoms with Crippen LogP contribution in [0.25, 0.3) is 12.2 Å². The van der Waals surface area contributed by atoms with Crippen molar-refractivity contribution in [3.05, 3.63) is 112 Å². The van der Waals surface area contributed by atoms with Gasteiger partial charge in [-0.3, -0.25) is 19.7 Å². The normalized spacial score (nSPS) is 11.9. The van der Waals surface area contributed by atoms with Crippen LogP contribution in [-0.4, -0.2) is 22.4 Å². The molecular formula is C24H20N4O5. The molecule has 9 heteroatoms. The van der Waals surface area contributed by atoms with Gasteiger partial charge in [-0.15, -0.1) is 0 Å². The fourth-order valence-corrected chi connectivity index (χ4v) is 2.63. The summed E-state index contributed by atoms with van der Waals surface area (Å²) in [4.78, 5) is 35.7. The number of nitro benzene ring substituents is 1. The van der Waals surface area contributed by atoms with Crippen LogP contribution in [0, 0.1) is 10.1 Å². The minimum atomic E-state index is -0.664. The number of hydrogen-bond donors (Lipinski definition) is 2. The van der Waals surface area contributed by atoms with E-state index in [2.05, 4.69) is 15.8 Å². The molecule has 0 atom stereocenters. The molecule has 1 heterocycles. The van der Waals surface area contributed by atoms with Crippen LogP contribution < -0.4 is 10.7 Å². The molecule has 2 N–H and O–H groups in total. The Morgan fingerprint density at radius 2 is 1.76 bits per heavy atom. The van der Waals surface area contributed by atoms with E-state index in [4.69, 9.17) is 4.42 Å². The standard InChI is InChI=1S/C24H20N4O5/c1-17(9-14-21-8-5-15-33-21)26-27-24(30)22(25-23(29)19-6-3-2-4-7-19)16-18-10-12-20(13-11-18)28(31)32/h2-16H,1H3,(H,25,29)(H,27,30)/b14-9+,22-16-,26-17-. The van der Waals surface area contributed by atoms with Gasteiger partial charge in [-0.2, -0.15) is 5.10 Å². The number of allylic oxidation sites excluding steroid dienone is 1. The number of nitro groups is 1. The maximum absolute atomic E-state index is 12.8. The number of non-ortho nitro benzene ring substituents is 1. The molecule has 0 aliphatic carbocycles. The van der Waals surface area contributed by atoms with Gasteiger partial charge in [-0.05, 0) is 67.1 Å². The molecule has 33 heavy (non-hydrogen) atoms. The minimum Gasteiger partial charge on any atom is -0.465 e. The Morgan fingerprint density at radius 3 is 2.39 bits per heavy atom. The van der Waals surface area contributed by atoms with Crippen LogP contribution in [0.1, 0.15) is 28.6 Å². The fraction of sp³-hybridized carbons (Fsp3) is 0.0417. The third-order valence-electron chi connectivity index (χ3n) is 4.31. The summed E-state index contributed by atoms with van der Waals surface area (Å²) >= 11 is 0. The number of furan rings is 1. The van der Waals surface area contributed by atoms with Crippen molar-refractivity contribution in [2.45, 2.75) is 6.92 Å². The highest BCUT2D eigenvalue weighted by atomic mass is 16.6. The minimum absolute atomic E-state index is 0.0794. The first-order valence-corrected chi connectivity index (χ1v) is 9.81. The molecule has 3 rings (SSSR count). The largest absolute Gasteiger partial charge is 0.465 e. The van der Waals surface area contributed by atoms with Gasteiger partial charge in [0, 0.05) is 17.7 Å². The van der Waals surface area contributed by atoms with Crippen LogP contribution >= 0.6 is 0 Å². The fourth-order valence-electron chi connectivity index (χ4n) is 2.63. The van der Waals surface area contributed by atoms with Crippen molar-refractivity contribution in [2.75, 3.05) is 0 Å². The molecule has 0 saturated heterocycles. The third-order valence-corrected chi connectivity index (χ3v) is 4.31. The van der Waals surface area contributed by atoms with Crippen LogP contribution in [0.2, 0.25) is 0 Å². The number of carbonyl (C=O) groups is 2. The molecule has 0 fully saturated rings. The van der Waals surface area contributed by atoms with Crippen molar-refractivity contribution in [3.8, 4) is 0 Å². The highest BCUT2D eigenvalue weighted by Gasteiger charge is 2.15. The zero-order chi connectivity index (χ0) is 23.6. The van der Waals surface area contributed by atoms with Gasteiger partial charge in [0.15, 0.2) is 0 Å². The molecular weight excluding hydrogens is 424 g/mol. The van der Waals surface area contributed by atoms with Gasteiger partial charge in [0.05, 0.1) is 16.9 Å². The van der Waals surface area contributed by atoms with Gasteiger partial charge in [-0.25, -0.2) is 5.43 Å². The van der Waals surface area contributed by atoms with E-state index in [0.29, 0.717) is 22.6 Å². The topological polar surface area (TPSA) is 127 Å². The predicted molar refractivity (Wildman–Crippen MR) is 124 cm³/mol. The van der Waals surface area contributed by atoms with Crippen molar-refractivity contribution < 1.29 is 18.9 Å². The van der Waals surface area contributed by atoms with Gasteiger partial charge in [0.1, 0.15) is 11.5 Å². The number of hydrogen-bond acceptors (Lipinski definition) is 6. The molecule has 1 aromatic heterocycles. The molecule has 0 spiro atoms. The summed E-state index contributed by atoms with van der Waals surface area (Å²) in [7, 11) is 0. The van der Waals surface area contributed by atoms with E-state index in [0.717, 1.165) is 0 Å². The molecule has 0 saturated carbocycles. The second-order valence-corrected chi connectivity index (χ2v) is 6.77. The Bertz CT molecular complexity index is 1210. The number of amides is 2. The highest BCUT2D eigenvalue weighted by Crippen LogP contribution is 2.14. The number of nitrogens with zero attached hydrogens (tertiary/aromatic N) is 2. The van der Waals surface area contributed by atoms with E-state index in [1.165, 1.54) is 30.3 Å². The van der Waals surface area contributed by atoms with Crippen molar-refractivity contribution in [3.63, 3.8) is 0 Å². The monoisotopic (exact) mass is 444 g/mol. The molecule has 9 nitrogen and oxygen atoms in total. The van der Waals surface area contributed by atoms with Crippen LogP contribution in [0.3, 0.4) is 0 Å². The summed E-state index contributed by atoms with van der Waals surface area (Å²) in [5.74, 6) is -0.523. The van der Waals surface area contributed by atoms with Crippen LogP contribution in [0.15, 0.2) is 94.3 Å². The predicted octanol–water partition coefficient (Wildman–Crippen LogP) is 4.16. The highest BCUT2D eigenvalue weighted by molar-refractivity contribution is 6.06. The van der Waals surface area contributed by atoms with Crippen molar-refractivity contribution >= 4 is 35.4 Å². The Hall–Kier alpha value is -4.79. The summed E-state index contributed by atoms with van der Waals surface area (Å²) in [5.41, 5.74) is 3.56. The van der Waals surface area contributed by atoms with Crippen molar-refractivity contribution in [2.24, 2.45) is 5.10 Å². The first kappa shape index (κ1) is 22.9. The average Bonchev–Trinajstić information content (AvgIpc) is 3.35. The second kappa shape index (κ2) is 11.0. The number of rotatable bonds is 8. The summed E-state index contributed by atoms with van der Waals surface area (Å²) in [6.07, 6.45) is 6.29. The molecule has 0 aliphatic rings. The number of carbonyl (C=O) groups excluding carboxylic acids is 2. The zero-order valence-electron chi connectivity index (χ0n) is 17.6. The first-order chi connectivity index (χ1) is 15.9. The molecule has 3 aromatic rings. The Morgan fingerprint density at radius 1 is 1.03 bits per heavy atom. The smallest absolute Gasteiger partial charge is 0.287 e. The SMILES string of the molecule is CC(/C=C/c1ccco1)=N/NC(=O)/C(=C/c1ccc([N+](=O)[O-])cc1)NC(=O)c1ccccc1. The average molecular weight is 444 g/mol. The lowest BCUT2D eigenvalue weighted by Gasteiger charge is -2.09. The lowest BCUT2D eigenvalue weighted by molar-refractivity contribution is -0.384. The molecule has 0 bridgehead atoms.